The second-order valence-electron chi connectivity index (χ2n) is 3.95. The minimum Gasteiger partial charge on any atom is -0.327 e. The van der Waals surface area contributed by atoms with Crippen molar-refractivity contribution in [3.8, 4) is 0 Å². The zero-order valence-corrected chi connectivity index (χ0v) is 9.07. The largest absolute Gasteiger partial charge is 0.327 e. The Balaban J connectivity index is 3.52. The van der Waals surface area contributed by atoms with E-state index < -0.39 is 8.24 Å². The summed E-state index contributed by atoms with van der Waals surface area (Å²) in [5.74, 6) is 0. The fourth-order valence-electron chi connectivity index (χ4n) is 0.731. The van der Waals surface area contributed by atoms with Crippen LogP contribution in [0.1, 0.15) is 19.8 Å². The van der Waals surface area contributed by atoms with Crippen LogP contribution in [0.2, 0.25) is 19.6 Å². The molecule has 0 aromatic heterocycles. The van der Waals surface area contributed by atoms with E-state index in [2.05, 4.69) is 38.2 Å². The number of nitrogens with zero attached hydrogens (tertiary/aromatic N) is 1. The summed E-state index contributed by atoms with van der Waals surface area (Å²) in [6, 6.07) is 0. The predicted molar refractivity (Wildman–Crippen MR) is 50.9 cm³/mol. The average molecular weight is 159 g/mol. The molecule has 0 saturated carbocycles. The van der Waals surface area contributed by atoms with Gasteiger partial charge in [0, 0.05) is 0 Å². The van der Waals surface area contributed by atoms with Gasteiger partial charge in [0.2, 0.25) is 0 Å². The van der Waals surface area contributed by atoms with Gasteiger partial charge in [-0.2, -0.15) is 0 Å². The summed E-state index contributed by atoms with van der Waals surface area (Å²) >= 11 is 0. The summed E-state index contributed by atoms with van der Waals surface area (Å²) in [5, 5.41) is 0. The number of hydrogen-bond donors (Lipinski definition) is 0. The van der Waals surface area contributed by atoms with Crippen LogP contribution in [0.4, 0.5) is 0 Å². The fourth-order valence-corrected chi connectivity index (χ4v) is 1.56. The van der Waals surface area contributed by atoms with Gasteiger partial charge in [0.05, 0.1) is 0 Å². The molecule has 0 atom stereocenters. The van der Waals surface area contributed by atoms with Gasteiger partial charge >= 0.3 is 0 Å². The number of hydrogen-bond acceptors (Lipinski definition) is 1. The first-order valence-corrected chi connectivity index (χ1v) is 7.64. The van der Waals surface area contributed by atoms with E-state index >= 15 is 0 Å². The zero-order chi connectivity index (χ0) is 8.20. The monoisotopic (exact) mass is 159 g/mol. The van der Waals surface area contributed by atoms with E-state index in [1.165, 1.54) is 19.4 Å². The van der Waals surface area contributed by atoms with E-state index in [0.717, 1.165) is 0 Å². The highest BCUT2D eigenvalue weighted by atomic mass is 28.3. The molecule has 0 amide bonds. The van der Waals surface area contributed by atoms with Crippen LogP contribution in [0.3, 0.4) is 0 Å². The maximum Gasteiger partial charge on any atom is 0.118 e. The molecule has 2 heteroatoms. The lowest BCUT2D eigenvalue weighted by molar-refractivity contribution is 0.488. The minimum atomic E-state index is -0.965. The topological polar surface area (TPSA) is 3.24 Å². The lowest BCUT2D eigenvalue weighted by Gasteiger charge is -2.29. The first kappa shape index (κ1) is 10.2. The Morgan fingerprint density at radius 1 is 1.20 bits per heavy atom. The molecule has 0 radical (unpaired) electrons. The van der Waals surface area contributed by atoms with Crippen molar-refractivity contribution in [3.63, 3.8) is 0 Å². The van der Waals surface area contributed by atoms with Crippen LogP contribution in [0.15, 0.2) is 0 Å². The van der Waals surface area contributed by atoms with Crippen LogP contribution in [0, 0.1) is 0 Å². The second kappa shape index (κ2) is 4.14. The van der Waals surface area contributed by atoms with E-state index in [9.17, 15) is 0 Å². The highest BCUT2D eigenvalue weighted by molar-refractivity contribution is 6.73. The molecule has 0 aliphatic rings. The second-order valence-corrected chi connectivity index (χ2v) is 9.05. The van der Waals surface area contributed by atoms with Gasteiger partial charge in [-0.3, -0.25) is 0 Å². The van der Waals surface area contributed by atoms with E-state index in [4.69, 9.17) is 0 Å². The van der Waals surface area contributed by atoms with Gasteiger partial charge in [0.15, 0.2) is 0 Å². The van der Waals surface area contributed by atoms with Crippen LogP contribution >= 0.6 is 0 Å². The van der Waals surface area contributed by atoms with Crippen LogP contribution in [0.5, 0.6) is 0 Å². The smallest absolute Gasteiger partial charge is 0.118 e. The van der Waals surface area contributed by atoms with Crippen molar-refractivity contribution in [3.05, 3.63) is 0 Å². The molecule has 10 heavy (non-hydrogen) atoms. The molecular formula is C8H21NSi. The van der Waals surface area contributed by atoms with Gasteiger partial charge in [-0.05, 0) is 20.0 Å². The van der Waals surface area contributed by atoms with E-state index in [0.29, 0.717) is 0 Å². The molecule has 62 valence electrons. The van der Waals surface area contributed by atoms with Crippen LogP contribution in [0.25, 0.3) is 0 Å². The molecule has 0 bridgehead atoms. The van der Waals surface area contributed by atoms with E-state index in [1.54, 1.807) is 0 Å². The molecule has 0 unspecified atom stereocenters. The molecule has 0 spiro atoms. The quantitative estimate of drug-likeness (QED) is 0.570. The van der Waals surface area contributed by atoms with E-state index in [-0.39, 0.29) is 0 Å². The van der Waals surface area contributed by atoms with Gasteiger partial charge in [-0.1, -0.05) is 33.0 Å². The summed E-state index contributed by atoms with van der Waals surface area (Å²) in [7, 11) is 1.29. The molecule has 0 heterocycles. The normalized spacial score (nSPS) is 12.6. The standard InChI is InChI=1S/C8H21NSi/c1-6-7-8-9(2)10(3,4)5/h6-8H2,1-5H3. The summed E-state index contributed by atoms with van der Waals surface area (Å²) in [4.78, 5) is 0. The van der Waals surface area contributed by atoms with Crippen molar-refractivity contribution in [2.24, 2.45) is 0 Å². The van der Waals surface area contributed by atoms with Crippen LogP contribution < -0.4 is 0 Å². The lowest BCUT2D eigenvalue weighted by atomic mass is 10.3. The Kier molecular flexibility index (Phi) is 4.21. The van der Waals surface area contributed by atoms with Crippen molar-refractivity contribution >= 4 is 8.24 Å². The molecule has 1 nitrogen and oxygen atoms in total. The van der Waals surface area contributed by atoms with Crippen LogP contribution in [-0.4, -0.2) is 26.4 Å². The Morgan fingerprint density at radius 2 is 1.70 bits per heavy atom. The lowest BCUT2D eigenvalue weighted by Crippen LogP contribution is -2.43. The summed E-state index contributed by atoms with van der Waals surface area (Å²) in [5.41, 5.74) is 0. The molecule has 0 aromatic rings. The van der Waals surface area contributed by atoms with Gasteiger partial charge < -0.3 is 4.57 Å². The third-order valence-corrected chi connectivity index (χ3v) is 4.51. The molecule has 0 N–H and O–H groups in total. The molecule has 0 fully saturated rings. The summed E-state index contributed by atoms with van der Waals surface area (Å²) in [6.07, 6.45) is 2.66. The molecule has 0 aromatic carbocycles. The fraction of sp³-hybridized carbons (Fsp3) is 1.00. The van der Waals surface area contributed by atoms with Crippen molar-refractivity contribution in [2.45, 2.75) is 39.4 Å². The zero-order valence-electron chi connectivity index (χ0n) is 8.07. The minimum absolute atomic E-state index is 0.965. The predicted octanol–water partition coefficient (Wildman–Crippen LogP) is 2.55. The average Bonchev–Trinajstić information content (AvgIpc) is 1.80. The Morgan fingerprint density at radius 3 is 2.00 bits per heavy atom. The molecule has 0 saturated heterocycles. The van der Waals surface area contributed by atoms with Crippen molar-refractivity contribution < 1.29 is 0 Å². The molecule has 0 rings (SSSR count). The Labute approximate surface area is 66.5 Å². The Hall–Kier alpha value is 0.177. The number of unbranched alkanes of at least 4 members (excludes halogenated alkanes) is 1. The van der Waals surface area contributed by atoms with Gasteiger partial charge in [0.1, 0.15) is 8.24 Å². The first-order chi connectivity index (χ1) is 4.48. The summed E-state index contributed by atoms with van der Waals surface area (Å²) < 4.78 is 2.54. The highest BCUT2D eigenvalue weighted by Crippen LogP contribution is 2.06. The third kappa shape index (κ3) is 4.07. The first-order valence-electron chi connectivity index (χ1n) is 4.19. The maximum atomic E-state index is 2.54. The number of rotatable bonds is 4. The van der Waals surface area contributed by atoms with Crippen LogP contribution in [-0.2, 0) is 0 Å². The third-order valence-electron chi connectivity index (χ3n) is 1.99. The van der Waals surface area contributed by atoms with E-state index in [1.807, 2.05) is 0 Å². The highest BCUT2D eigenvalue weighted by Gasteiger charge is 2.18. The molecule has 0 aliphatic heterocycles. The van der Waals surface area contributed by atoms with Crippen molar-refractivity contribution in [2.75, 3.05) is 13.6 Å². The SMILES string of the molecule is CCCCN(C)[Si](C)(C)C. The van der Waals surface area contributed by atoms with Gasteiger partial charge in [-0.25, -0.2) is 0 Å². The van der Waals surface area contributed by atoms with Gasteiger partial charge in [-0.15, -0.1) is 0 Å². The maximum absolute atomic E-state index is 2.54. The Bertz CT molecular complexity index is 85.7. The van der Waals surface area contributed by atoms with Crippen molar-refractivity contribution in [1.82, 2.24) is 4.57 Å². The molecule has 0 aliphatic carbocycles. The van der Waals surface area contributed by atoms with Gasteiger partial charge in [0.25, 0.3) is 0 Å². The molecular weight excluding hydrogens is 138 g/mol. The van der Waals surface area contributed by atoms with Crippen molar-refractivity contribution in [1.29, 1.82) is 0 Å². The summed E-state index contributed by atoms with van der Waals surface area (Å²) in [6.45, 7) is 10.7.